The van der Waals surface area contributed by atoms with Crippen molar-refractivity contribution in [2.24, 2.45) is 11.3 Å². The average Bonchev–Trinajstić information content (AvgIpc) is 2.89. The van der Waals surface area contributed by atoms with Crippen LogP contribution in [0.3, 0.4) is 0 Å². The fourth-order valence-electron chi connectivity index (χ4n) is 4.79. The highest BCUT2D eigenvalue weighted by Crippen LogP contribution is 2.63. The first-order valence-corrected chi connectivity index (χ1v) is 8.75. The maximum atomic E-state index is 6.01. The van der Waals surface area contributed by atoms with Crippen LogP contribution in [0.2, 0.25) is 0 Å². The number of ether oxygens (including phenoxy) is 1. The molecule has 2 aliphatic carbocycles. The van der Waals surface area contributed by atoms with Gasteiger partial charge in [-0.1, -0.05) is 6.42 Å². The molecule has 1 aromatic rings. The Bertz CT molecular complexity index is 523. The van der Waals surface area contributed by atoms with Gasteiger partial charge in [0.1, 0.15) is 0 Å². The Morgan fingerprint density at radius 1 is 1.40 bits per heavy atom. The minimum atomic E-state index is 0.422. The lowest BCUT2D eigenvalue weighted by atomic mass is 9.46. The SMILES string of the molecule is Cc1nc(C)c([C@H](C)N[C@@H]2[C@H]3CCO[C@H]3C23CCC3)s1. The summed E-state index contributed by atoms with van der Waals surface area (Å²) in [6.45, 7) is 7.52. The van der Waals surface area contributed by atoms with E-state index in [-0.39, 0.29) is 0 Å². The lowest BCUT2D eigenvalue weighted by molar-refractivity contribution is -0.178. The maximum absolute atomic E-state index is 6.01. The Morgan fingerprint density at radius 2 is 2.20 bits per heavy atom. The van der Waals surface area contributed by atoms with Crippen LogP contribution in [0.25, 0.3) is 0 Å². The van der Waals surface area contributed by atoms with Gasteiger partial charge >= 0.3 is 0 Å². The Hall–Kier alpha value is -0.450. The lowest BCUT2D eigenvalue weighted by Gasteiger charge is -2.64. The van der Waals surface area contributed by atoms with Crippen LogP contribution in [0.15, 0.2) is 0 Å². The zero-order valence-corrected chi connectivity index (χ0v) is 13.4. The molecule has 1 saturated heterocycles. The largest absolute Gasteiger partial charge is 0.377 e. The third-order valence-corrected chi connectivity index (χ3v) is 7.05. The number of fused-ring (bicyclic) bond motifs is 2. The van der Waals surface area contributed by atoms with Gasteiger partial charge < -0.3 is 10.1 Å². The molecule has 3 nitrogen and oxygen atoms in total. The third kappa shape index (κ3) is 1.68. The van der Waals surface area contributed by atoms with Crippen LogP contribution in [-0.2, 0) is 4.74 Å². The first-order chi connectivity index (χ1) is 9.62. The molecule has 1 N–H and O–H groups in total. The summed E-state index contributed by atoms with van der Waals surface area (Å²) in [6.07, 6.45) is 5.92. The van der Waals surface area contributed by atoms with Crippen molar-refractivity contribution in [2.75, 3.05) is 6.61 Å². The van der Waals surface area contributed by atoms with Gasteiger partial charge in [-0.15, -0.1) is 11.3 Å². The first-order valence-electron chi connectivity index (χ1n) is 7.93. The van der Waals surface area contributed by atoms with Crippen molar-refractivity contribution in [2.45, 2.75) is 64.6 Å². The highest BCUT2D eigenvalue weighted by molar-refractivity contribution is 7.11. The normalized spacial score (nSPS) is 35.5. The number of rotatable bonds is 3. The minimum absolute atomic E-state index is 0.422. The predicted octanol–water partition coefficient (Wildman–Crippen LogP) is 3.37. The Kier molecular flexibility index (Phi) is 2.99. The van der Waals surface area contributed by atoms with Gasteiger partial charge in [0.05, 0.1) is 16.8 Å². The van der Waals surface area contributed by atoms with E-state index in [1.54, 1.807) is 0 Å². The summed E-state index contributed by atoms with van der Waals surface area (Å²) >= 11 is 1.85. The number of nitrogens with zero attached hydrogens (tertiary/aromatic N) is 1. The second-order valence-electron chi connectivity index (χ2n) is 6.88. The molecule has 3 aliphatic rings. The Morgan fingerprint density at radius 3 is 2.80 bits per heavy atom. The van der Waals surface area contributed by atoms with E-state index in [9.17, 15) is 0 Å². The topological polar surface area (TPSA) is 34.2 Å². The summed E-state index contributed by atoms with van der Waals surface area (Å²) in [5.41, 5.74) is 1.68. The van der Waals surface area contributed by atoms with Gasteiger partial charge in [0, 0.05) is 34.9 Å². The number of hydrogen-bond donors (Lipinski definition) is 1. The Labute approximate surface area is 125 Å². The molecule has 20 heavy (non-hydrogen) atoms. The van der Waals surface area contributed by atoms with Crippen LogP contribution in [-0.4, -0.2) is 23.7 Å². The number of thiazole rings is 1. The number of hydrogen-bond acceptors (Lipinski definition) is 4. The molecule has 4 rings (SSSR count). The van der Waals surface area contributed by atoms with Gasteiger partial charge in [-0.3, -0.25) is 0 Å². The molecule has 1 aliphatic heterocycles. The highest BCUT2D eigenvalue weighted by Gasteiger charge is 2.66. The van der Waals surface area contributed by atoms with Crippen LogP contribution < -0.4 is 5.32 Å². The van der Waals surface area contributed by atoms with Crippen LogP contribution in [0.5, 0.6) is 0 Å². The van der Waals surface area contributed by atoms with Gasteiger partial charge in [-0.2, -0.15) is 0 Å². The third-order valence-electron chi connectivity index (χ3n) is 5.80. The van der Waals surface area contributed by atoms with Crippen molar-refractivity contribution in [3.8, 4) is 0 Å². The number of aryl methyl sites for hydroxylation is 2. The summed E-state index contributed by atoms with van der Waals surface area (Å²) in [5.74, 6) is 0.757. The fraction of sp³-hybridized carbons (Fsp3) is 0.812. The Balaban J connectivity index is 1.52. The molecule has 1 aromatic heterocycles. The minimum Gasteiger partial charge on any atom is -0.377 e. The van der Waals surface area contributed by atoms with Gasteiger partial charge in [0.15, 0.2) is 0 Å². The smallest absolute Gasteiger partial charge is 0.0900 e. The van der Waals surface area contributed by atoms with Crippen LogP contribution in [0.1, 0.15) is 54.2 Å². The van der Waals surface area contributed by atoms with E-state index in [1.165, 1.54) is 41.3 Å². The van der Waals surface area contributed by atoms with Crippen molar-refractivity contribution >= 4 is 11.3 Å². The number of aromatic nitrogens is 1. The molecule has 2 saturated carbocycles. The van der Waals surface area contributed by atoms with E-state index in [4.69, 9.17) is 4.74 Å². The lowest BCUT2D eigenvalue weighted by Crippen LogP contribution is -2.71. The molecule has 4 atom stereocenters. The monoisotopic (exact) mass is 292 g/mol. The maximum Gasteiger partial charge on any atom is 0.0900 e. The molecule has 0 amide bonds. The predicted molar refractivity (Wildman–Crippen MR) is 81.1 cm³/mol. The van der Waals surface area contributed by atoms with Crippen LogP contribution >= 0.6 is 11.3 Å². The molecular weight excluding hydrogens is 268 g/mol. The summed E-state index contributed by atoms with van der Waals surface area (Å²) in [5, 5.41) is 5.12. The van der Waals surface area contributed by atoms with Gasteiger partial charge in [-0.05, 0) is 40.0 Å². The van der Waals surface area contributed by atoms with E-state index in [1.807, 2.05) is 11.3 Å². The molecule has 2 heterocycles. The van der Waals surface area contributed by atoms with Gasteiger partial charge in [0.2, 0.25) is 0 Å². The second-order valence-corrected chi connectivity index (χ2v) is 8.11. The molecule has 1 spiro atoms. The highest BCUT2D eigenvalue weighted by atomic mass is 32.1. The quantitative estimate of drug-likeness (QED) is 0.927. The second kappa shape index (κ2) is 4.52. The molecule has 0 bridgehead atoms. The van der Waals surface area contributed by atoms with Crippen molar-refractivity contribution in [1.29, 1.82) is 0 Å². The summed E-state index contributed by atoms with van der Waals surface area (Å²) in [7, 11) is 0. The van der Waals surface area contributed by atoms with E-state index >= 15 is 0 Å². The van der Waals surface area contributed by atoms with E-state index < -0.39 is 0 Å². The molecule has 110 valence electrons. The summed E-state index contributed by atoms with van der Waals surface area (Å²) in [6, 6.07) is 1.09. The van der Waals surface area contributed by atoms with Crippen molar-refractivity contribution in [1.82, 2.24) is 10.3 Å². The average molecular weight is 292 g/mol. The number of nitrogens with one attached hydrogen (secondary N) is 1. The molecule has 0 unspecified atom stereocenters. The summed E-state index contributed by atoms with van der Waals surface area (Å²) in [4.78, 5) is 5.99. The van der Waals surface area contributed by atoms with Crippen molar-refractivity contribution in [3.63, 3.8) is 0 Å². The zero-order chi connectivity index (χ0) is 13.9. The fourth-order valence-corrected chi connectivity index (χ4v) is 5.73. The van der Waals surface area contributed by atoms with Gasteiger partial charge in [-0.25, -0.2) is 4.98 Å². The van der Waals surface area contributed by atoms with Crippen LogP contribution in [0.4, 0.5) is 0 Å². The van der Waals surface area contributed by atoms with E-state index in [0.717, 1.165) is 12.5 Å². The molecule has 4 heteroatoms. The first kappa shape index (κ1) is 13.2. The van der Waals surface area contributed by atoms with Crippen molar-refractivity contribution in [3.05, 3.63) is 15.6 Å². The molecular formula is C16H24N2OS. The zero-order valence-electron chi connectivity index (χ0n) is 12.6. The molecule has 0 aromatic carbocycles. The van der Waals surface area contributed by atoms with E-state index in [0.29, 0.717) is 23.6 Å². The molecule has 0 radical (unpaired) electrons. The standard InChI is InChI=1S/C16H24N2OS/c1-9-13(20-11(3)17-9)10(2)18-14-12-5-8-19-15(12)16(14)6-4-7-16/h10,12,14-15,18H,4-8H2,1-3H3/t10-,12+,14+,15+/m0/s1. The van der Waals surface area contributed by atoms with Crippen LogP contribution in [0, 0.1) is 25.2 Å². The van der Waals surface area contributed by atoms with Crippen molar-refractivity contribution < 1.29 is 4.74 Å². The summed E-state index contributed by atoms with van der Waals surface area (Å²) < 4.78 is 6.01. The molecule has 3 fully saturated rings. The van der Waals surface area contributed by atoms with Gasteiger partial charge in [0.25, 0.3) is 0 Å². The van der Waals surface area contributed by atoms with E-state index in [2.05, 4.69) is 31.1 Å².